The summed E-state index contributed by atoms with van der Waals surface area (Å²) in [4.78, 5) is 32.2. The molecule has 6 rings (SSSR count). The number of amides is 1. The standard InChI is InChI=1S/C28H39F2N3O5/c1-3-9-37-26-21(6-7-22(31-26)33-8-4-5-17(16-33)12-23(34)36-2)25(35)32-24-19-10-18-11-20(24)15-28(13-18,14-19)38-27(29)30/h6-7,17-20,24,27H,3-5,8-16H2,1-2H3,(H,32,35)/t17-,18?,19?,20?,24?,28?/m0/s1. The van der Waals surface area contributed by atoms with Crippen LogP contribution in [0.15, 0.2) is 12.1 Å². The molecule has 1 saturated heterocycles. The van der Waals surface area contributed by atoms with Crippen LogP contribution in [0.25, 0.3) is 0 Å². The van der Waals surface area contributed by atoms with Crippen LogP contribution in [0.1, 0.15) is 75.1 Å². The van der Waals surface area contributed by atoms with Crippen molar-refractivity contribution >= 4 is 17.7 Å². The van der Waals surface area contributed by atoms with E-state index in [-0.39, 0.29) is 35.7 Å². The molecule has 8 nitrogen and oxygen atoms in total. The maximum Gasteiger partial charge on any atom is 0.345 e. The van der Waals surface area contributed by atoms with Crippen molar-refractivity contribution in [1.82, 2.24) is 10.3 Å². The average molecular weight is 536 g/mol. The first kappa shape index (κ1) is 27.1. The van der Waals surface area contributed by atoms with Crippen molar-refractivity contribution in [2.75, 3.05) is 31.7 Å². The van der Waals surface area contributed by atoms with Gasteiger partial charge >= 0.3 is 12.6 Å². The number of methoxy groups -OCH3 is 1. The van der Waals surface area contributed by atoms with Crippen LogP contribution in [0, 0.1) is 23.7 Å². The molecule has 0 spiro atoms. The number of nitrogens with zero attached hydrogens (tertiary/aromatic N) is 2. The molecule has 4 aliphatic carbocycles. The molecule has 1 aromatic heterocycles. The van der Waals surface area contributed by atoms with Crippen LogP contribution in [-0.4, -0.2) is 61.9 Å². The van der Waals surface area contributed by atoms with Gasteiger partial charge in [-0.2, -0.15) is 13.8 Å². The van der Waals surface area contributed by atoms with Crippen LogP contribution < -0.4 is 15.0 Å². The van der Waals surface area contributed by atoms with E-state index in [1.54, 1.807) is 6.07 Å². The topological polar surface area (TPSA) is 90.0 Å². The number of hydrogen-bond acceptors (Lipinski definition) is 7. The summed E-state index contributed by atoms with van der Waals surface area (Å²) in [5.41, 5.74) is -0.359. The Morgan fingerprint density at radius 2 is 1.97 bits per heavy atom. The number of piperidine rings is 1. The number of nitrogens with one attached hydrogen (secondary N) is 1. The Morgan fingerprint density at radius 3 is 2.66 bits per heavy atom. The van der Waals surface area contributed by atoms with Crippen molar-refractivity contribution in [3.05, 3.63) is 17.7 Å². The zero-order chi connectivity index (χ0) is 26.9. The Hall–Kier alpha value is -2.49. The average Bonchev–Trinajstić information content (AvgIpc) is 2.88. The smallest absolute Gasteiger partial charge is 0.345 e. The summed E-state index contributed by atoms with van der Waals surface area (Å²) in [5, 5.41) is 3.23. The molecular formula is C28H39F2N3O5. The molecule has 1 amide bonds. The van der Waals surface area contributed by atoms with E-state index >= 15 is 0 Å². The predicted octanol–water partition coefficient (Wildman–Crippen LogP) is 4.57. The lowest BCUT2D eigenvalue weighted by atomic mass is 9.52. The number of carbonyl (C=O) groups excluding carboxylic acids is 2. The molecule has 210 valence electrons. The highest BCUT2D eigenvalue weighted by molar-refractivity contribution is 5.97. The van der Waals surface area contributed by atoms with E-state index in [0.29, 0.717) is 56.2 Å². The zero-order valence-corrected chi connectivity index (χ0v) is 22.3. The highest BCUT2D eigenvalue weighted by Gasteiger charge is 2.57. The number of ether oxygens (including phenoxy) is 3. The van der Waals surface area contributed by atoms with E-state index < -0.39 is 12.2 Å². The Balaban J connectivity index is 1.30. The second-order valence-corrected chi connectivity index (χ2v) is 11.6. The van der Waals surface area contributed by atoms with Gasteiger partial charge in [0.15, 0.2) is 0 Å². The number of rotatable bonds is 10. The van der Waals surface area contributed by atoms with E-state index in [9.17, 15) is 18.4 Å². The molecule has 0 radical (unpaired) electrons. The molecule has 4 saturated carbocycles. The fraction of sp³-hybridized carbons (Fsp3) is 0.750. The molecule has 1 N–H and O–H groups in total. The van der Waals surface area contributed by atoms with E-state index in [2.05, 4.69) is 10.2 Å². The lowest BCUT2D eigenvalue weighted by Crippen LogP contribution is -2.62. The third-order valence-electron chi connectivity index (χ3n) is 8.91. The van der Waals surface area contributed by atoms with Crippen LogP contribution in [0.4, 0.5) is 14.6 Å². The molecule has 5 fully saturated rings. The van der Waals surface area contributed by atoms with Crippen molar-refractivity contribution in [3.63, 3.8) is 0 Å². The predicted molar refractivity (Wildman–Crippen MR) is 136 cm³/mol. The molecule has 5 aliphatic rings. The van der Waals surface area contributed by atoms with Crippen LogP contribution in [0.2, 0.25) is 0 Å². The molecular weight excluding hydrogens is 496 g/mol. The number of halogens is 2. The first-order chi connectivity index (χ1) is 18.3. The first-order valence-corrected chi connectivity index (χ1v) is 14.0. The fourth-order valence-corrected chi connectivity index (χ4v) is 7.59. The Labute approximate surface area is 222 Å². The van der Waals surface area contributed by atoms with Gasteiger partial charge in [0.05, 0.1) is 19.3 Å². The van der Waals surface area contributed by atoms with E-state index in [4.69, 9.17) is 19.2 Å². The molecule has 4 bridgehead atoms. The second-order valence-electron chi connectivity index (χ2n) is 11.6. The minimum absolute atomic E-state index is 0.0617. The summed E-state index contributed by atoms with van der Waals surface area (Å²) in [5.74, 6) is 1.43. The Kier molecular flexibility index (Phi) is 8.07. The third kappa shape index (κ3) is 5.75. The highest BCUT2D eigenvalue weighted by Crippen LogP contribution is 2.57. The molecule has 0 aromatic carbocycles. The molecule has 1 aromatic rings. The highest BCUT2D eigenvalue weighted by atomic mass is 19.3. The van der Waals surface area contributed by atoms with Crippen molar-refractivity contribution < 1.29 is 32.6 Å². The van der Waals surface area contributed by atoms with Gasteiger partial charge in [0, 0.05) is 25.6 Å². The van der Waals surface area contributed by atoms with Gasteiger partial charge in [-0.3, -0.25) is 9.59 Å². The van der Waals surface area contributed by atoms with Crippen molar-refractivity contribution in [2.24, 2.45) is 23.7 Å². The van der Waals surface area contributed by atoms with Crippen molar-refractivity contribution in [1.29, 1.82) is 0 Å². The van der Waals surface area contributed by atoms with Gasteiger partial charge in [0.25, 0.3) is 5.91 Å². The molecule has 10 heteroatoms. The quantitative estimate of drug-likeness (QED) is 0.439. The summed E-state index contributed by atoms with van der Waals surface area (Å²) < 4.78 is 42.2. The Morgan fingerprint density at radius 1 is 1.21 bits per heavy atom. The lowest BCUT2D eigenvalue weighted by molar-refractivity contribution is -0.260. The SMILES string of the molecule is CCCOc1nc(N2CCC[C@@H](CC(=O)OC)C2)ccc1C(=O)NC1C2CC3CC1CC(OC(F)F)(C3)C2. The van der Waals surface area contributed by atoms with Crippen LogP contribution in [0.3, 0.4) is 0 Å². The summed E-state index contributed by atoms with van der Waals surface area (Å²) in [6, 6.07) is 3.55. The summed E-state index contributed by atoms with van der Waals surface area (Å²) in [6.07, 6.45) is 6.75. The zero-order valence-electron chi connectivity index (χ0n) is 22.3. The van der Waals surface area contributed by atoms with Gasteiger partial charge < -0.3 is 24.4 Å². The molecule has 2 unspecified atom stereocenters. The molecule has 3 atom stereocenters. The van der Waals surface area contributed by atoms with Crippen LogP contribution >= 0.6 is 0 Å². The number of esters is 1. The van der Waals surface area contributed by atoms with E-state index in [1.807, 2.05) is 13.0 Å². The van der Waals surface area contributed by atoms with Gasteiger partial charge in [-0.15, -0.1) is 0 Å². The second kappa shape index (κ2) is 11.3. The summed E-state index contributed by atoms with van der Waals surface area (Å²) >= 11 is 0. The minimum Gasteiger partial charge on any atom is -0.477 e. The number of aromatic nitrogens is 1. The van der Waals surface area contributed by atoms with Gasteiger partial charge in [0.2, 0.25) is 5.88 Å². The minimum atomic E-state index is -2.77. The first-order valence-electron chi connectivity index (χ1n) is 14.0. The number of anilines is 1. The largest absolute Gasteiger partial charge is 0.477 e. The monoisotopic (exact) mass is 535 g/mol. The van der Waals surface area contributed by atoms with Gasteiger partial charge in [-0.25, -0.2) is 0 Å². The lowest BCUT2D eigenvalue weighted by Gasteiger charge is -2.59. The number of pyridine rings is 1. The maximum atomic E-state index is 13.5. The van der Waals surface area contributed by atoms with E-state index in [1.165, 1.54) is 7.11 Å². The molecule has 2 heterocycles. The number of carbonyl (C=O) groups is 2. The van der Waals surface area contributed by atoms with Gasteiger partial charge in [-0.1, -0.05) is 6.92 Å². The third-order valence-corrected chi connectivity index (χ3v) is 8.91. The van der Waals surface area contributed by atoms with Gasteiger partial charge in [-0.05, 0) is 87.2 Å². The molecule has 38 heavy (non-hydrogen) atoms. The van der Waals surface area contributed by atoms with Crippen molar-refractivity contribution in [3.8, 4) is 5.88 Å². The van der Waals surface area contributed by atoms with Crippen molar-refractivity contribution in [2.45, 2.75) is 83.0 Å². The van der Waals surface area contributed by atoms with Gasteiger partial charge in [0.1, 0.15) is 11.4 Å². The number of alkyl halides is 2. The maximum absolute atomic E-state index is 13.5. The normalized spacial score (nSPS) is 31.9. The fourth-order valence-electron chi connectivity index (χ4n) is 7.59. The summed E-state index contributed by atoms with van der Waals surface area (Å²) in [7, 11) is 1.41. The van der Waals surface area contributed by atoms with Crippen LogP contribution in [0.5, 0.6) is 5.88 Å². The van der Waals surface area contributed by atoms with E-state index in [0.717, 1.165) is 44.5 Å². The van der Waals surface area contributed by atoms with Crippen LogP contribution in [-0.2, 0) is 14.3 Å². The molecule has 1 aliphatic heterocycles. The Bertz CT molecular complexity index is 1000. The summed E-state index contributed by atoms with van der Waals surface area (Å²) in [6.45, 7) is 1.18. The number of hydrogen-bond donors (Lipinski definition) is 1.